The first-order valence-electron chi connectivity index (χ1n) is 9.80. The van der Waals surface area contributed by atoms with Crippen LogP contribution in [0.15, 0.2) is 11.6 Å². The molecule has 4 rings (SSSR count). The van der Waals surface area contributed by atoms with Crippen molar-refractivity contribution in [3.05, 3.63) is 11.6 Å². The molecular weight excluding hydrogens is 300 g/mol. The Morgan fingerprint density at radius 2 is 2.04 bits per heavy atom. The standard InChI is InChI=1S/C21H30O3/c1-12-10-14-11-15(23)4-5-16(14)17-8-9-21(3)18(20(12)17)6-7-19(21)24-13(2)22/h11-12,16-20H,4-10H2,1-3H3/t12-,16+,17-,18+,19+,20-,21+/m1/s1. The highest BCUT2D eigenvalue weighted by molar-refractivity contribution is 5.91. The van der Waals surface area contributed by atoms with E-state index in [0.717, 1.165) is 37.5 Å². The second kappa shape index (κ2) is 5.71. The minimum absolute atomic E-state index is 0.109. The smallest absolute Gasteiger partial charge is 0.302 e. The van der Waals surface area contributed by atoms with E-state index in [2.05, 4.69) is 13.8 Å². The van der Waals surface area contributed by atoms with Crippen LogP contribution in [0, 0.1) is 35.0 Å². The zero-order chi connectivity index (χ0) is 17.1. The Labute approximate surface area is 145 Å². The molecule has 0 aromatic carbocycles. The lowest BCUT2D eigenvalue weighted by molar-refractivity contribution is -0.157. The van der Waals surface area contributed by atoms with E-state index in [1.54, 1.807) is 6.92 Å². The topological polar surface area (TPSA) is 43.4 Å². The summed E-state index contributed by atoms with van der Waals surface area (Å²) < 4.78 is 5.72. The van der Waals surface area contributed by atoms with Crippen molar-refractivity contribution in [1.82, 2.24) is 0 Å². The lowest BCUT2D eigenvalue weighted by atomic mass is 9.49. The van der Waals surface area contributed by atoms with Gasteiger partial charge < -0.3 is 4.74 Å². The van der Waals surface area contributed by atoms with Crippen LogP contribution in [0.5, 0.6) is 0 Å². The van der Waals surface area contributed by atoms with Gasteiger partial charge in [0, 0.05) is 18.8 Å². The Balaban J connectivity index is 1.62. The van der Waals surface area contributed by atoms with E-state index in [1.165, 1.54) is 24.8 Å². The number of esters is 1. The maximum Gasteiger partial charge on any atom is 0.302 e. The van der Waals surface area contributed by atoms with Gasteiger partial charge in [0.1, 0.15) is 6.10 Å². The Hall–Kier alpha value is -1.12. The van der Waals surface area contributed by atoms with Gasteiger partial charge in [-0.25, -0.2) is 0 Å². The largest absolute Gasteiger partial charge is 0.462 e. The summed E-state index contributed by atoms with van der Waals surface area (Å²) in [4.78, 5) is 23.4. The number of fused-ring (bicyclic) bond motifs is 5. The summed E-state index contributed by atoms with van der Waals surface area (Å²) in [7, 11) is 0. The molecule has 0 aliphatic heterocycles. The number of hydrogen-bond acceptors (Lipinski definition) is 3. The number of ketones is 1. The minimum atomic E-state index is -0.128. The molecule has 3 heteroatoms. The molecule has 0 radical (unpaired) electrons. The molecule has 3 saturated carbocycles. The second-order valence-corrected chi connectivity index (χ2v) is 9.08. The first kappa shape index (κ1) is 16.4. The molecule has 0 N–H and O–H groups in total. The number of carbonyl (C=O) groups is 2. The minimum Gasteiger partial charge on any atom is -0.462 e. The van der Waals surface area contributed by atoms with Gasteiger partial charge in [0.05, 0.1) is 0 Å². The van der Waals surface area contributed by atoms with Crippen molar-refractivity contribution < 1.29 is 14.3 Å². The Morgan fingerprint density at radius 1 is 1.25 bits per heavy atom. The molecule has 0 aromatic rings. The summed E-state index contributed by atoms with van der Waals surface area (Å²) >= 11 is 0. The van der Waals surface area contributed by atoms with Crippen LogP contribution >= 0.6 is 0 Å². The normalized spacial score (nSPS) is 47.3. The van der Waals surface area contributed by atoms with Gasteiger partial charge in [-0.3, -0.25) is 9.59 Å². The Kier molecular flexibility index (Phi) is 3.89. The lowest BCUT2D eigenvalue weighted by Gasteiger charge is -2.55. The first-order chi connectivity index (χ1) is 11.4. The monoisotopic (exact) mass is 330 g/mol. The van der Waals surface area contributed by atoms with E-state index in [9.17, 15) is 9.59 Å². The van der Waals surface area contributed by atoms with E-state index in [0.29, 0.717) is 23.5 Å². The summed E-state index contributed by atoms with van der Waals surface area (Å²) in [6.45, 7) is 6.30. The fourth-order valence-corrected chi connectivity index (χ4v) is 6.93. The molecule has 0 unspecified atom stereocenters. The maximum atomic E-state index is 11.8. The van der Waals surface area contributed by atoms with Crippen LogP contribution < -0.4 is 0 Å². The molecule has 3 nitrogen and oxygen atoms in total. The van der Waals surface area contributed by atoms with Gasteiger partial charge in [-0.05, 0) is 74.2 Å². The summed E-state index contributed by atoms with van der Waals surface area (Å²) in [6, 6.07) is 0. The quantitative estimate of drug-likeness (QED) is 0.673. The van der Waals surface area contributed by atoms with E-state index < -0.39 is 0 Å². The van der Waals surface area contributed by atoms with Crippen LogP contribution in [0.2, 0.25) is 0 Å². The van der Waals surface area contributed by atoms with Crippen molar-refractivity contribution in [2.75, 3.05) is 0 Å². The van der Waals surface area contributed by atoms with Gasteiger partial charge in [0.15, 0.2) is 5.78 Å². The van der Waals surface area contributed by atoms with Crippen molar-refractivity contribution >= 4 is 11.8 Å². The van der Waals surface area contributed by atoms with Gasteiger partial charge in [-0.1, -0.05) is 19.4 Å². The molecule has 0 bridgehead atoms. The molecule has 132 valence electrons. The van der Waals surface area contributed by atoms with Crippen molar-refractivity contribution in [3.8, 4) is 0 Å². The zero-order valence-corrected chi connectivity index (χ0v) is 15.2. The van der Waals surface area contributed by atoms with Crippen molar-refractivity contribution in [2.24, 2.45) is 35.0 Å². The predicted octanol–water partition coefficient (Wildman–Crippen LogP) is 4.31. The molecule has 0 spiro atoms. The molecule has 0 heterocycles. The van der Waals surface area contributed by atoms with Crippen molar-refractivity contribution in [1.29, 1.82) is 0 Å². The third kappa shape index (κ3) is 2.38. The van der Waals surface area contributed by atoms with Gasteiger partial charge in [-0.2, -0.15) is 0 Å². The highest BCUT2D eigenvalue weighted by atomic mass is 16.5. The number of hydrogen-bond donors (Lipinski definition) is 0. The van der Waals surface area contributed by atoms with Crippen LogP contribution in [0.1, 0.15) is 65.7 Å². The molecule has 0 aromatic heterocycles. The molecular formula is C21H30O3. The molecule has 7 atom stereocenters. The van der Waals surface area contributed by atoms with Gasteiger partial charge in [0.25, 0.3) is 0 Å². The molecule has 0 amide bonds. The summed E-state index contributed by atoms with van der Waals surface area (Å²) in [6.07, 6.45) is 9.62. The zero-order valence-electron chi connectivity index (χ0n) is 15.2. The van der Waals surface area contributed by atoms with Crippen molar-refractivity contribution in [3.63, 3.8) is 0 Å². The fourth-order valence-electron chi connectivity index (χ4n) is 6.93. The molecule has 4 aliphatic rings. The number of ether oxygens (including phenoxy) is 1. The molecule has 3 fully saturated rings. The predicted molar refractivity (Wildman–Crippen MR) is 92.2 cm³/mol. The number of allylic oxidation sites excluding steroid dienone is 1. The maximum absolute atomic E-state index is 11.8. The second-order valence-electron chi connectivity index (χ2n) is 9.08. The van der Waals surface area contributed by atoms with Crippen LogP contribution in [0.3, 0.4) is 0 Å². The summed E-state index contributed by atoms with van der Waals surface area (Å²) in [5.74, 6) is 3.64. The lowest BCUT2D eigenvalue weighted by Crippen LogP contribution is -2.50. The average Bonchev–Trinajstić information content (AvgIpc) is 2.83. The summed E-state index contributed by atoms with van der Waals surface area (Å²) in [5, 5.41) is 0. The highest BCUT2D eigenvalue weighted by Gasteiger charge is 2.58. The van der Waals surface area contributed by atoms with Crippen LogP contribution in [0.25, 0.3) is 0 Å². The molecule has 0 saturated heterocycles. The van der Waals surface area contributed by atoms with E-state index in [-0.39, 0.29) is 17.5 Å². The molecule has 24 heavy (non-hydrogen) atoms. The van der Waals surface area contributed by atoms with Gasteiger partial charge >= 0.3 is 5.97 Å². The third-order valence-corrected chi connectivity index (χ3v) is 7.86. The Bertz CT molecular complexity index is 592. The average molecular weight is 330 g/mol. The SMILES string of the molecule is CC(=O)O[C@H]1CC[C@H]2[C@H]3[C@H](CC[C@]12C)[C@H]1CCC(=O)C=C1C[C@H]3C. The van der Waals surface area contributed by atoms with E-state index in [4.69, 9.17) is 4.74 Å². The van der Waals surface area contributed by atoms with Gasteiger partial charge in [0.2, 0.25) is 0 Å². The highest BCUT2D eigenvalue weighted by Crippen LogP contribution is 2.63. The molecule has 4 aliphatic carbocycles. The number of rotatable bonds is 1. The Morgan fingerprint density at radius 3 is 2.79 bits per heavy atom. The van der Waals surface area contributed by atoms with Crippen molar-refractivity contribution in [2.45, 2.75) is 71.8 Å². The van der Waals surface area contributed by atoms with Crippen LogP contribution in [0.4, 0.5) is 0 Å². The summed E-state index contributed by atoms with van der Waals surface area (Å²) in [5.41, 5.74) is 1.60. The fraction of sp³-hybridized carbons (Fsp3) is 0.810. The van der Waals surface area contributed by atoms with Crippen LogP contribution in [-0.2, 0) is 14.3 Å². The first-order valence-corrected chi connectivity index (χ1v) is 9.80. The third-order valence-electron chi connectivity index (χ3n) is 7.86. The van der Waals surface area contributed by atoms with E-state index in [1.807, 2.05) is 6.08 Å². The number of carbonyl (C=O) groups excluding carboxylic acids is 2. The van der Waals surface area contributed by atoms with Gasteiger partial charge in [-0.15, -0.1) is 0 Å². The van der Waals surface area contributed by atoms with E-state index >= 15 is 0 Å². The van der Waals surface area contributed by atoms with Crippen LogP contribution in [-0.4, -0.2) is 17.9 Å².